The maximum Gasteiger partial charge on any atom is 0.109 e. The summed E-state index contributed by atoms with van der Waals surface area (Å²) in [5, 5.41) is 2.57. The summed E-state index contributed by atoms with van der Waals surface area (Å²) < 4.78 is 0. The molecule has 0 saturated heterocycles. The summed E-state index contributed by atoms with van der Waals surface area (Å²) in [4.78, 5) is 13.5. The van der Waals surface area contributed by atoms with Crippen LogP contribution in [0, 0.1) is 29.6 Å². The fraction of sp³-hybridized carbons (Fsp3) is 0.394. The number of aliphatic imine (C=N–C) groups is 1. The molecule has 4 saturated carbocycles. The molecule has 1 aromatic heterocycles. The van der Waals surface area contributed by atoms with Gasteiger partial charge in [-0.05, 0) is 120 Å². The van der Waals surface area contributed by atoms with Crippen molar-refractivity contribution in [2.45, 2.75) is 50.9 Å². The molecule has 2 heterocycles. The average molecular weight is 470 g/mol. The topological polar surface area (TPSA) is 41.0 Å². The monoisotopic (exact) mass is 469 g/mol. The first-order chi connectivity index (χ1) is 17.7. The predicted molar refractivity (Wildman–Crippen MR) is 146 cm³/mol. The predicted octanol–water partition coefficient (Wildman–Crippen LogP) is 8.09. The van der Waals surface area contributed by atoms with Gasteiger partial charge in [-0.1, -0.05) is 30.3 Å². The van der Waals surface area contributed by atoms with Crippen LogP contribution in [0.1, 0.15) is 55.8 Å². The number of aromatic nitrogens is 2. The van der Waals surface area contributed by atoms with Gasteiger partial charge in [0.05, 0.1) is 17.6 Å². The number of aromatic amines is 1. The molecule has 4 fully saturated rings. The van der Waals surface area contributed by atoms with E-state index in [1.165, 1.54) is 88.8 Å². The van der Waals surface area contributed by atoms with E-state index >= 15 is 0 Å². The van der Waals surface area contributed by atoms with Gasteiger partial charge in [0.15, 0.2) is 0 Å². The number of fused-ring (bicyclic) bond motifs is 4. The Balaban J connectivity index is 0.965. The summed E-state index contributed by atoms with van der Waals surface area (Å²) in [6.07, 6.45) is 11.5. The van der Waals surface area contributed by atoms with Crippen LogP contribution in [0.25, 0.3) is 33.2 Å². The van der Waals surface area contributed by atoms with E-state index in [2.05, 4.69) is 59.6 Å². The second kappa shape index (κ2) is 7.18. The minimum Gasteiger partial charge on any atom is -0.342 e. The quantitative estimate of drug-likeness (QED) is 0.322. The highest BCUT2D eigenvalue weighted by Crippen LogP contribution is 2.57. The van der Waals surface area contributed by atoms with Gasteiger partial charge in [0.1, 0.15) is 5.82 Å². The summed E-state index contributed by atoms with van der Waals surface area (Å²) in [6.45, 7) is 0. The Hall–Kier alpha value is -3.20. The number of hydrogen-bond donors (Lipinski definition) is 1. The highest BCUT2D eigenvalue weighted by Gasteiger charge is 2.48. The summed E-state index contributed by atoms with van der Waals surface area (Å²) in [5.41, 5.74) is 9.03. The number of nitrogens with zero attached hydrogens (tertiary/aromatic N) is 2. The molecule has 6 atom stereocenters. The van der Waals surface area contributed by atoms with E-state index < -0.39 is 0 Å². The molecule has 9 rings (SSSR count). The summed E-state index contributed by atoms with van der Waals surface area (Å²) >= 11 is 0. The Bertz CT molecular complexity index is 1560. The van der Waals surface area contributed by atoms with Crippen molar-refractivity contribution in [3.05, 3.63) is 72.2 Å². The van der Waals surface area contributed by atoms with E-state index in [1.54, 1.807) is 0 Å². The van der Waals surface area contributed by atoms with Crippen LogP contribution in [0.2, 0.25) is 0 Å². The maximum atomic E-state index is 5.05. The molecule has 5 aliphatic rings. The molecule has 1 N–H and O–H groups in total. The van der Waals surface area contributed by atoms with Crippen LogP contribution in [0.4, 0.5) is 5.69 Å². The zero-order chi connectivity index (χ0) is 23.4. The van der Waals surface area contributed by atoms with Crippen molar-refractivity contribution in [2.24, 2.45) is 34.6 Å². The van der Waals surface area contributed by atoms with E-state index in [0.29, 0.717) is 5.92 Å². The average Bonchev–Trinajstić information content (AvgIpc) is 3.49. The Morgan fingerprint density at radius 2 is 1.28 bits per heavy atom. The van der Waals surface area contributed by atoms with E-state index in [9.17, 15) is 0 Å². The fourth-order valence-electron chi connectivity index (χ4n) is 7.85. The summed E-state index contributed by atoms with van der Waals surface area (Å²) in [6, 6.07) is 20.6. The first-order valence-corrected chi connectivity index (χ1v) is 14.0. The number of imidazole rings is 1. The molecule has 4 aliphatic carbocycles. The van der Waals surface area contributed by atoms with Crippen LogP contribution in [0.3, 0.4) is 0 Å². The van der Waals surface area contributed by atoms with Gasteiger partial charge >= 0.3 is 0 Å². The zero-order valence-electron chi connectivity index (χ0n) is 20.6. The van der Waals surface area contributed by atoms with Crippen molar-refractivity contribution in [3.63, 3.8) is 0 Å². The lowest BCUT2D eigenvalue weighted by Crippen LogP contribution is -2.12. The number of hydrogen-bond acceptors (Lipinski definition) is 2. The molecule has 3 heteroatoms. The van der Waals surface area contributed by atoms with Gasteiger partial charge in [-0.3, -0.25) is 4.99 Å². The molecule has 0 bridgehead atoms. The highest BCUT2D eigenvalue weighted by molar-refractivity contribution is 5.97. The molecule has 0 spiro atoms. The number of nitrogens with one attached hydrogen (secondary N) is 1. The van der Waals surface area contributed by atoms with Gasteiger partial charge in [-0.2, -0.15) is 0 Å². The van der Waals surface area contributed by atoms with Crippen LogP contribution < -0.4 is 0 Å². The minimum atomic E-state index is 0.642. The van der Waals surface area contributed by atoms with Crippen LogP contribution in [-0.2, 0) is 6.42 Å². The minimum absolute atomic E-state index is 0.642. The highest BCUT2D eigenvalue weighted by atomic mass is 14.9. The van der Waals surface area contributed by atoms with Gasteiger partial charge in [-0.25, -0.2) is 4.98 Å². The van der Waals surface area contributed by atoms with Crippen molar-refractivity contribution >= 4 is 22.2 Å². The largest absolute Gasteiger partial charge is 0.342 e. The first kappa shape index (κ1) is 19.9. The molecular formula is C33H31N3. The van der Waals surface area contributed by atoms with Crippen molar-refractivity contribution < 1.29 is 0 Å². The summed E-state index contributed by atoms with van der Waals surface area (Å²) in [7, 11) is 0. The van der Waals surface area contributed by atoms with Crippen molar-refractivity contribution in [1.82, 2.24) is 9.97 Å². The number of H-pyrrole nitrogens is 1. The lowest BCUT2D eigenvalue weighted by Gasteiger charge is -2.11. The lowest BCUT2D eigenvalue weighted by molar-refractivity contribution is 0.596. The number of benzene rings is 3. The van der Waals surface area contributed by atoms with Crippen molar-refractivity contribution in [2.75, 3.05) is 0 Å². The van der Waals surface area contributed by atoms with Crippen molar-refractivity contribution in [3.8, 4) is 22.4 Å². The second-order valence-electron chi connectivity index (χ2n) is 12.4. The molecule has 3 nitrogen and oxygen atoms in total. The van der Waals surface area contributed by atoms with Gasteiger partial charge in [-0.15, -0.1) is 0 Å². The van der Waals surface area contributed by atoms with Gasteiger partial charge in [0.2, 0.25) is 0 Å². The Morgan fingerprint density at radius 1 is 0.639 bits per heavy atom. The zero-order valence-corrected chi connectivity index (χ0v) is 20.6. The lowest BCUT2D eigenvalue weighted by atomic mass is 9.93. The Kier molecular flexibility index (Phi) is 3.98. The van der Waals surface area contributed by atoms with Crippen LogP contribution in [0.5, 0.6) is 0 Å². The molecule has 36 heavy (non-hydrogen) atoms. The van der Waals surface area contributed by atoms with Crippen LogP contribution >= 0.6 is 0 Å². The molecule has 3 aromatic carbocycles. The molecule has 0 amide bonds. The third-order valence-corrected chi connectivity index (χ3v) is 10.1. The molecule has 4 aromatic rings. The second-order valence-corrected chi connectivity index (χ2v) is 12.4. The molecule has 1 aliphatic heterocycles. The van der Waals surface area contributed by atoms with E-state index in [1.807, 2.05) is 6.20 Å². The standard InChI is InChI=1S/C33H31N3/c1-2-20-8-22(32-17-34-33(36-32)29-14-25-11-26(25)15-29)4-3-19(20)7-18(1)21-5-6-30-28(9-21)16-31(35-30)27-12-23-10-24(23)13-27/h1-9,17,23-27,29H,10-16H2,(H,34,36)/t23-,24+,25-,26+,27?,29?. The van der Waals surface area contributed by atoms with E-state index in [0.717, 1.165) is 41.7 Å². The molecule has 178 valence electrons. The van der Waals surface area contributed by atoms with Crippen molar-refractivity contribution in [1.29, 1.82) is 0 Å². The first-order valence-electron chi connectivity index (χ1n) is 14.0. The third-order valence-electron chi connectivity index (χ3n) is 10.1. The normalized spacial score (nSPS) is 31.3. The molecule has 2 unspecified atom stereocenters. The van der Waals surface area contributed by atoms with E-state index in [4.69, 9.17) is 9.98 Å². The molecule has 0 radical (unpaired) electrons. The fourth-order valence-corrected chi connectivity index (χ4v) is 7.85. The summed E-state index contributed by atoms with van der Waals surface area (Å²) in [5.74, 6) is 6.58. The SMILES string of the molecule is c1cc2c(cc1-c1ccc3cc(-c4cnc(C5C[C@@H]6C[C@@H]6C5)[nH]4)ccc3c1)CC(C1C[C@@H]3C[C@@H]3C1)=N2. The van der Waals surface area contributed by atoms with Crippen LogP contribution in [-0.4, -0.2) is 15.7 Å². The van der Waals surface area contributed by atoms with Crippen LogP contribution in [0.15, 0.2) is 65.8 Å². The Morgan fingerprint density at radius 3 is 2.06 bits per heavy atom. The number of rotatable bonds is 4. The maximum absolute atomic E-state index is 5.05. The Labute approximate surface area is 212 Å². The van der Waals surface area contributed by atoms with Gasteiger partial charge in [0, 0.05) is 23.6 Å². The smallest absolute Gasteiger partial charge is 0.109 e. The van der Waals surface area contributed by atoms with Gasteiger partial charge < -0.3 is 4.98 Å². The van der Waals surface area contributed by atoms with E-state index in [-0.39, 0.29) is 0 Å². The van der Waals surface area contributed by atoms with Gasteiger partial charge in [0.25, 0.3) is 0 Å². The molecular weight excluding hydrogens is 438 g/mol. The third kappa shape index (κ3) is 3.18.